The minimum absolute atomic E-state index is 0.000322. The Labute approximate surface area is 154 Å². The van der Waals surface area contributed by atoms with Gasteiger partial charge in [0, 0.05) is 6.54 Å². The first kappa shape index (κ1) is 19.5. The normalized spacial score (nSPS) is 22.8. The van der Waals surface area contributed by atoms with Gasteiger partial charge >= 0.3 is 16.4 Å². The second kappa shape index (κ2) is 6.70. The van der Waals surface area contributed by atoms with Crippen LogP contribution in [-0.4, -0.2) is 61.8 Å². The molecular weight excluding hydrogens is 407 g/mol. The van der Waals surface area contributed by atoms with Gasteiger partial charge < -0.3 is 4.90 Å². The molecule has 2 amide bonds. The van der Waals surface area contributed by atoms with Crippen LogP contribution >= 0.6 is 0 Å². The van der Waals surface area contributed by atoms with E-state index >= 15 is 0 Å². The van der Waals surface area contributed by atoms with E-state index < -0.39 is 50.2 Å². The summed E-state index contributed by atoms with van der Waals surface area (Å²) in [5.74, 6) is -1.12. The summed E-state index contributed by atoms with van der Waals surface area (Å²) < 4.78 is 74.4. The smallest absolute Gasteiger partial charge is 0.310 e. The fraction of sp³-hybridized carbons (Fsp3) is 0.385. The molecule has 0 aliphatic carbocycles. The number of sulfonamides is 1. The van der Waals surface area contributed by atoms with Crippen LogP contribution in [0.2, 0.25) is 0 Å². The second-order valence-corrected chi connectivity index (χ2v) is 8.67. The molecule has 0 saturated carbocycles. The highest BCUT2D eigenvalue weighted by Crippen LogP contribution is 2.31. The minimum atomic E-state index is -4.90. The van der Waals surface area contributed by atoms with E-state index in [1.54, 1.807) is 0 Å². The van der Waals surface area contributed by atoms with E-state index in [9.17, 15) is 26.0 Å². The molecule has 1 aromatic rings. The summed E-state index contributed by atoms with van der Waals surface area (Å²) in [6.45, 7) is -0.000322. The fourth-order valence-corrected chi connectivity index (χ4v) is 4.44. The molecule has 2 saturated heterocycles. The quantitative estimate of drug-likeness (QED) is 0.344. The zero-order chi connectivity index (χ0) is 20.0. The lowest BCUT2D eigenvalue weighted by Gasteiger charge is -2.30. The predicted molar refractivity (Wildman–Crippen MR) is 87.8 cm³/mol. The summed E-state index contributed by atoms with van der Waals surface area (Å²) >= 11 is 0. The number of amidine groups is 1. The molecule has 0 spiro atoms. The standard InChI is InChI=1S/C13H15FN4O7S2/c14-8-1-4-10(5-2-8)26(20,21)16-12(15)11-6-3-9-7-17(11)13(19)18(9)25-27(22,23)24/h1-2,4-5,9,11H,3,6-7H2,(H2,15,16)(H,22,23,24). The van der Waals surface area contributed by atoms with E-state index in [-0.39, 0.29) is 24.3 Å². The lowest BCUT2D eigenvalue weighted by molar-refractivity contribution is -0.0316. The van der Waals surface area contributed by atoms with E-state index in [0.29, 0.717) is 5.06 Å². The Hall–Kier alpha value is -2.29. The number of piperidine rings is 1. The molecule has 27 heavy (non-hydrogen) atoms. The summed E-state index contributed by atoms with van der Waals surface area (Å²) in [5, 5.41) is 8.53. The lowest BCUT2D eigenvalue weighted by atomic mass is 10.0. The molecular formula is C13H15FN4O7S2. The van der Waals surface area contributed by atoms with Crippen LogP contribution in [0.5, 0.6) is 0 Å². The van der Waals surface area contributed by atoms with Gasteiger partial charge in [0.2, 0.25) is 0 Å². The second-order valence-electron chi connectivity index (χ2n) is 5.98. The zero-order valence-electron chi connectivity index (χ0n) is 13.6. The van der Waals surface area contributed by atoms with Crippen molar-refractivity contribution in [2.45, 2.75) is 29.8 Å². The maximum Gasteiger partial charge on any atom is 0.418 e. The average molecular weight is 422 g/mol. The third-order valence-electron chi connectivity index (χ3n) is 4.20. The first-order chi connectivity index (χ1) is 12.5. The Morgan fingerprint density at radius 3 is 2.44 bits per heavy atom. The summed E-state index contributed by atoms with van der Waals surface area (Å²) in [4.78, 5) is 13.1. The molecule has 0 radical (unpaired) electrons. The number of fused-ring (bicyclic) bond motifs is 2. The van der Waals surface area contributed by atoms with Gasteiger partial charge in [0.05, 0.1) is 17.0 Å². The SMILES string of the molecule is N=C(NS(=O)(=O)c1ccc(F)cc1)C1CCC2CN1C(=O)N2OS(=O)(=O)O. The summed E-state index contributed by atoms with van der Waals surface area (Å²) in [5.41, 5.74) is 0. The largest absolute Gasteiger partial charge is 0.418 e. The molecule has 2 heterocycles. The maximum atomic E-state index is 12.9. The highest BCUT2D eigenvalue weighted by molar-refractivity contribution is 7.90. The number of halogens is 1. The van der Waals surface area contributed by atoms with Crippen molar-refractivity contribution in [1.29, 1.82) is 5.41 Å². The zero-order valence-corrected chi connectivity index (χ0v) is 15.2. The van der Waals surface area contributed by atoms with Gasteiger partial charge in [-0.25, -0.2) is 17.6 Å². The van der Waals surface area contributed by atoms with Gasteiger partial charge in [-0.15, -0.1) is 4.28 Å². The molecule has 3 N–H and O–H groups in total. The van der Waals surface area contributed by atoms with Crippen molar-refractivity contribution in [3.63, 3.8) is 0 Å². The van der Waals surface area contributed by atoms with Gasteiger partial charge in [-0.3, -0.25) is 14.7 Å². The molecule has 2 atom stereocenters. The summed E-state index contributed by atoms with van der Waals surface area (Å²) in [6, 6.07) is 1.45. The lowest BCUT2D eigenvalue weighted by Crippen LogP contribution is -2.50. The molecule has 2 fully saturated rings. The molecule has 11 nitrogen and oxygen atoms in total. The van der Waals surface area contributed by atoms with Crippen LogP contribution < -0.4 is 4.72 Å². The van der Waals surface area contributed by atoms with Crippen LogP contribution in [0.25, 0.3) is 0 Å². The number of hydrogen-bond donors (Lipinski definition) is 3. The van der Waals surface area contributed by atoms with Crippen molar-refractivity contribution in [3.05, 3.63) is 30.1 Å². The number of nitrogens with zero attached hydrogens (tertiary/aromatic N) is 2. The monoisotopic (exact) mass is 422 g/mol. The topological polar surface area (TPSA) is 157 Å². The third kappa shape index (κ3) is 4.02. The molecule has 2 bridgehead atoms. The highest BCUT2D eigenvalue weighted by Gasteiger charge is 2.48. The van der Waals surface area contributed by atoms with E-state index in [0.717, 1.165) is 29.2 Å². The molecule has 3 rings (SSSR count). The van der Waals surface area contributed by atoms with Crippen LogP contribution in [0.3, 0.4) is 0 Å². The van der Waals surface area contributed by atoms with Gasteiger partial charge in [-0.2, -0.15) is 13.5 Å². The summed E-state index contributed by atoms with van der Waals surface area (Å²) in [6.07, 6.45) is 0.398. The van der Waals surface area contributed by atoms with Crippen molar-refractivity contribution < 1.29 is 34.9 Å². The van der Waals surface area contributed by atoms with Gasteiger partial charge in [0.25, 0.3) is 10.0 Å². The van der Waals surface area contributed by atoms with Crippen LogP contribution in [0, 0.1) is 11.2 Å². The van der Waals surface area contributed by atoms with E-state index in [4.69, 9.17) is 9.96 Å². The molecule has 1 aromatic carbocycles. The number of carbonyl (C=O) groups is 1. The molecule has 14 heteroatoms. The first-order valence-electron chi connectivity index (χ1n) is 7.61. The predicted octanol–water partition coefficient (Wildman–Crippen LogP) is 0.0843. The number of amides is 2. The van der Waals surface area contributed by atoms with Crippen LogP contribution in [0.1, 0.15) is 12.8 Å². The van der Waals surface area contributed by atoms with Crippen molar-refractivity contribution in [2.24, 2.45) is 0 Å². The Morgan fingerprint density at radius 2 is 1.85 bits per heavy atom. The number of benzene rings is 1. The van der Waals surface area contributed by atoms with Gasteiger partial charge in [0.1, 0.15) is 11.7 Å². The Bertz CT molecular complexity index is 980. The number of nitrogens with one attached hydrogen (secondary N) is 2. The Morgan fingerprint density at radius 1 is 1.22 bits per heavy atom. The number of carbonyl (C=O) groups excluding carboxylic acids is 1. The van der Waals surface area contributed by atoms with E-state index in [2.05, 4.69) is 4.28 Å². The fourth-order valence-electron chi connectivity index (χ4n) is 3.02. The minimum Gasteiger partial charge on any atom is -0.310 e. The van der Waals surface area contributed by atoms with Crippen LogP contribution in [0.15, 0.2) is 29.2 Å². The van der Waals surface area contributed by atoms with Crippen molar-refractivity contribution >= 4 is 32.3 Å². The van der Waals surface area contributed by atoms with Crippen LogP contribution in [0.4, 0.5) is 9.18 Å². The van der Waals surface area contributed by atoms with Crippen molar-refractivity contribution in [1.82, 2.24) is 14.7 Å². The number of hydroxylamine groups is 2. The molecule has 2 unspecified atom stereocenters. The first-order valence-corrected chi connectivity index (χ1v) is 10.5. The Kier molecular flexibility index (Phi) is 4.83. The molecule has 2 aliphatic heterocycles. The van der Waals surface area contributed by atoms with Crippen molar-refractivity contribution in [3.8, 4) is 0 Å². The van der Waals surface area contributed by atoms with Crippen LogP contribution in [-0.2, 0) is 24.7 Å². The Balaban J connectivity index is 1.75. The average Bonchev–Trinajstić information content (AvgIpc) is 2.78. The molecule has 0 aromatic heterocycles. The third-order valence-corrected chi connectivity index (χ3v) is 5.93. The highest BCUT2D eigenvalue weighted by atomic mass is 32.3. The summed E-state index contributed by atoms with van der Waals surface area (Å²) in [7, 11) is -9.07. The van der Waals surface area contributed by atoms with E-state index in [1.807, 2.05) is 4.72 Å². The van der Waals surface area contributed by atoms with E-state index in [1.165, 1.54) is 0 Å². The maximum absolute atomic E-state index is 12.9. The van der Waals surface area contributed by atoms with Gasteiger partial charge in [-0.1, -0.05) is 0 Å². The van der Waals surface area contributed by atoms with Gasteiger partial charge in [-0.05, 0) is 37.1 Å². The molecule has 148 valence electrons. The van der Waals surface area contributed by atoms with Crippen molar-refractivity contribution in [2.75, 3.05) is 6.54 Å². The molecule has 2 aliphatic rings. The number of urea groups is 1. The van der Waals surface area contributed by atoms with Gasteiger partial charge in [0.15, 0.2) is 0 Å². The number of rotatable bonds is 5. The number of hydrogen-bond acceptors (Lipinski definition) is 7.